The van der Waals surface area contributed by atoms with Crippen LogP contribution in [0, 0.1) is 5.41 Å². The second kappa shape index (κ2) is 8.70. The molecule has 1 saturated heterocycles. The first kappa shape index (κ1) is 21.2. The van der Waals surface area contributed by atoms with Crippen LogP contribution in [0.15, 0.2) is 34.6 Å². The first-order chi connectivity index (χ1) is 12.2. The van der Waals surface area contributed by atoms with E-state index in [9.17, 15) is 15.3 Å². The maximum absolute atomic E-state index is 10.0. The summed E-state index contributed by atoms with van der Waals surface area (Å²) >= 11 is 0. The van der Waals surface area contributed by atoms with Gasteiger partial charge in [0, 0.05) is 6.42 Å². The van der Waals surface area contributed by atoms with Crippen molar-refractivity contribution in [2.45, 2.75) is 84.9 Å². The van der Waals surface area contributed by atoms with Crippen molar-refractivity contribution in [1.82, 2.24) is 0 Å². The predicted octanol–water partition coefficient (Wildman–Crippen LogP) is 3.21. The monoisotopic (exact) mass is 366 g/mol. The zero-order valence-electron chi connectivity index (χ0n) is 16.7. The Kier molecular flexibility index (Phi) is 7.08. The van der Waals surface area contributed by atoms with Crippen LogP contribution >= 0.6 is 0 Å². The van der Waals surface area contributed by atoms with Crippen molar-refractivity contribution in [3.63, 3.8) is 0 Å². The number of allylic oxidation sites excluding steroid dienone is 5. The van der Waals surface area contributed by atoms with Crippen LogP contribution in [-0.2, 0) is 9.47 Å². The fraction of sp³-hybridized carbons (Fsp3) is 0.714. The zero-order valence-corrected chi connectivity index (χ0v) is 16.7. The van der Waals surface area contributed by atoms with Crippen LogP contribution in [0.3, 0.4) is 0 Å². The summed E-state index contributed by atoms with van der Waals surface area (Å²) in [5.74, 6) is 0. The van der Waals surface area contributed by atoms with Crippen LogP contribution in [0.1, 0.15) is 60.3 Å². The average molecular weight is 366 g/mol. The van der Waals surface area contributed by atoms with Crippen LogP contribution in [0.5, 0.6) is 0 Å². The fourth-order valence-electron chi connectivity index (χ4n) is 3.70. The Morgan fingerprint density at radius 1 is 1.27 bits per heavy atom. The predicted molar refractivity (Wildman–Crippen MR) is 101 cm³/mol. The molecular formula is C21H34O5. The van der Waals surface area contributed by atoms with E-state index in [0.29, 0.717) is 0 Å². The molecule has 0 aromatic heterocycles. The van der Waals surface area contributed by atoms with Gasteiger partial charge in [-0.1, -0.05) is 25.5 Å². The fourth-order valence-corrected chi connectivity index (χ4v) is 3.70. The van der Waals surface area contributed by atoms with Gasteiger partial charge in [0.2, 0.25) is 6.29 Å². The second-order valence-electron chi connectivity index (χ2n) is 8.30. The Bertz CT molecular complexity index is 587. The van der Waals surface area contributed by atoms with Gasteiger partial charge in [0.15, 0.2) is 0 Å². The van der Waals surface area contributed by atoms with Crippen molar-refractivity contribution < 1.29 is 24.8 Å². The van der Waals surface area contributed by atoms with E-state index in [0.717, 1.165) is 17.6 Å². The highest BCUT2D eigenvalue weighted by Crippen LogP contribution is 2.41. The molecule has 0 aromatic carbocycles. The first-order valence-corrected chi connectivity index (χ1v) is 9.49. The molecule has 2 aliphatic rings. The molecule has 0 aromatic rings. The normalized spacial score (nSPS) is 33.4. The van der Waals surface area contributed by atoms with Crippen LogP contribution in [0.4, 0.5) is 0 Å². The molecule has 1 heterocycles. The molecule has 3 N–H and O–H groups in total. The van der Waals surface area contributed by atoms with Crippen LogP contribution in [0.2, 0.25) is 0 Å². The van der Waals surface area contributed by atoms with E-state index in [1.165, 1.54) is 24.0 Å². The summed E-state index contributed by atoms with van der Waals surface area (Å²) < 4.78 is 11.1. The number of aliphatic hydroxyl groups is 3. The smallest absolute Gasteiger partial charge is 0.228 e. The molecule has 4 atom stereocenters. The van der Waals surface area contributed by atoms with Crippen molar-refractivity contribution in [1.29, 1.82) is 0 Å². The van der Waals surface area contributed by atoms with Crippen LogP contribution in [-0.4, -0.2) is 46.5 Å². The molecule has 148 valence electrons. The average Bonchev–Trinajstić information content (AvgIpc) is 2.58. The summed E-state index contributed by atoms with van der Waals surface area (Å²) in [4.78, 5) is 0. The number of rotatable bonds is 5. The third-order valence-electron chi connectivity index (χ3n) is 5.61. The molecule has 0 saturated carbocycles. The Morgan fingerprint density at radius 3 is 2.58 bits per heavy atom. The molecule has 1 aliphatic carbocycles. The van der Waals surface area contributed by atoms with Gasteiger partial charge in [-0.05, 0) is 62.2 Å². The SMILES string of the molecule is CC1=C(/C=C(C)/C(C)=C/OC2OC(CO)CC(O)[C@H]2O)C(C)(C)CCC1. The number of ether oxygens (including phenoxy) is 2. The molecule has 26 heavy (non-hydrogen) atoms. The molecule has 0 amide bonds. The van der Waals surface area contributed by atoms with E-state index >= 15 is 0 Å². The Morgan fingerprint density at radius 2 is 1.96 bits per heavy atom. The molecule has 3 unspecified atom stereocenters. The van der Waals surface area contributed by atoms with E-state index in [1.807, 2.05) is 13.8 Å². The quantitative estimate of drug-likeness (QED) is 0.514. The highest BCUT2D eigenvalue weighted by Gasteiger charge is 2.37. The van der Waals surface area contributed by atoms with Gasteiger partial charge in [0.25, 0.3) is 0 Å². The topological polar surface area (TPSA) is 79.2 Å². The summed E-state index contributed by atoms with van der Waals surface area (Å²) in [5, 5.41) is 29.1. The lowest BCUT2D eigenvalue weighted by atomic mass is 9.72. The Labute approximate surface area is 157 Å². The van der Waals surface area contributed by atoms with Crippen LogP contribution < -0.4 is 0 Å². The van der Waals surface area contributed by atoms with E-state index in [1.54, 1.807) is 6.26 Å². The molecule has 1 fully saturated rings. The van der Waals surface area contributed by atoms with Crippen LogP contribution in [0.25, 0.3) is 0 Å². The van der Waals surface area contributed by atoms with Crippen molar-refractivity contribution in [3.05, 3.63) is 34.6 Å². The summed E-state index contributed by atoms with van der Waals surface area (Å²) in [6.07, 6.45) is 3.95. The minimum atomic E-state index is -1.13. The van der Waals surface area contributed by atoms with Gasteiger partial charge in [-0.25, -0.2) is 0 Å². The second-order valence-corrected chi connectivity index (χ2v) is 8.30. The lowest BCUT2D eigenvalue weighted by Gasteiger charge is -2.35. The molecular weight excluding hydrogens is 332 g/mol. The summed E-state index contributed by atoms with van der Waals surface area (Å²) in [7, 11) is 0. The van der Waals surface area contributed by atoms with Gasteiger partial charge in [-0.15, -0.1) is 0 Å². The number of hydrogen-bond acceptors (Lipinski definition) is 5. The van der Waals surface area contributed by atoms with Crippen molar-refractivity contribution in [3.8, 4) is 0 Å². The largest absolute Gasteiger partial charge is 0.469 e. The third kappa shape index (κ3) is 4.97. The van der Waals surface area contributed by atoms with Gasteiger partial charge < -0.3 is 24.8 Å². The summed E-state index contributed by atoms with van der Waals surface area (Å²) in [5.41, 5.74) is 5.03. The standard InChI is InChI=1S/C21H34O5/c1-13-7-6-8-21(4,5)17(13)9-14(2)15(3)12-25-20-19(24)18(23)10-16(11-22)26-20/h9,12,16,18-20,22-24H,6-8,10-11H2,1-5H3/b14-9+,15-12+/t16?,18?,19-,20?/m1/s1. The van der Waals surface area contributed by atoms with Gasteiger partial charge in [0.1, 0.15) is 6.10 Å². The lowest BCUT2D eigenvalue weighted by molar-refractivity contribution is -0.254. The maximum Gasteiger partial charge on any atom is 0.228 e. The first-order valence-electron chi connectivity index (χ1n) is 9.49. The van der Waals surface area contributed by atoms with E-state index in [4.69, 9.17) is 9.47 Å². The molecule has 0 spiro atoms. The van der Waals surface area contributed by atoms with Gasteiger partial charge in [-0.2, -0.15) is 0 Å². The van der Waals surface area contributed by atoms with E-state index in [-0.39, 0.29) is 18.4 Å². The highest BCUT2D eigenvalue weighted by molar-refractivity contribution is 5.40. The summed E-state index contributed by atoms with van der Waals surface area (Å²) in [6, 6.07) is 0. The third-order valence-corrected chi connectivity index (χ3v) is 5.61. The zero-order chi connectivity index (χ0) is 19.5. The van der Waals surface area contributed by atoms with Gasteiger partial charge in [0.05, 0.1) is 25.1 Å². The minimum absolute atomic E-state index is 0.172. The van der Waals surface area contributed by atoms with Gasteiger partial charge >= 0.3 is 0 Å². The highest BCUT2D eigenvalue weighted by atomic mass is 16.7. The number of aliphatic hydroxyl groups excluding tert-OH is 3. The van der Waals surface area contributed by atoms with Gasteiger partial charge in [-0.3, -0.25) is 0 Å². The van der Waals surface area contributed by atoms with Crippen molar-refractivity contribution in [2.75, 3.05) is 6.61 Å². The van der Waals surface area contributed by atoms with E-state index < -0.39 is 24.6 Å². The van der Waals surface area contributed by atoms with Crippen molar-refractivity contribution >= 4 is 0 Å². The Hall–Kier alpha value is -1.14. The molecule has 1 aliphatic heterocycles. The minimum Gasteiger partial charge on any atom is -0.469 e. The molecule has 5 nitrogen and oxygen atoms in total. The lowest BCUT2D eigenvalue weighted by Crippen LogP contribution is -2.49. The van der Waals surface area contributed by atoms with Crippen molar-refractivity contribution in [2.24, 2.45) is 5.41 Å². The molecule has 2 rings (SSSR count). The summed E-state index contributed by atoms with van der Waals surface area (Å²) in [6.45, 7) is 10.6. The molecule has 0 bridgehead atoms. The number of hydrogen-bond donors (Lipinski definition) is 3. The van der Waals surface area contributed by atoms with E-state index in [2.05, 4.69) is 26.8 Å². The maximum atomic E-state index is 10.0. The Balaban J connectivity index is 2.11. The molecule has 5 heteroatoms. The molecule has 0 radical (unpaired) electrons.